The lowest BCUT2D eigenvalue weighted by Crippen LogP contribution is -2.43. The average Bonchev–Trinajstić information content (AvgIpc) is 2.61. The van der Waals surface area contributed by atoms with Gasteiger partial charge in [0.25, 0.3) is 10.0 Å². The zero-order chi connectivity index (χ0) is 20.0. The molecule has 1 N–H and O–H groups in total. The summed E-state index contributed by atoms with van der Waals surface area (Å²) in [5.74, 6) is -0.336. The maximum Gasteiger partial charge on any atom is 0.264 e. The molecule has 0 aromatic heterocycles. The molecule has 0 saturated heterocycles. The molecule has 1 atom stereocenters. The maximum atomic E-state index is 13.2. The van der Waals surface area contributed by atoms with Gasteiger partial charge >= 0.3 is 0 Å². The van der Waals surface area contributed by atoms with Crippen LogP contribution < -0.4 is 9.62 Å². The van der Waals surface area contributed by atoms with Crippen LogP contribution in [0.4, 0.5) is 5.69 Å². The Morgan fingerprint density at radius 1 is 1.15 bits per heavy atom. The Hall–Kier alpha value is -2.05. The largest absolute Gasteiger partial charge is 0.352 e. The molecule has 2 aromatic rings. The third kappa shape index (κ3) is 5.47. The number of nitrogens with zero attached hydrogens (tertiary/aromatic N) is 1. The number of hydrogen-bond donors (Lipinski definition) is 1. The van der Waals surface area contributed by atoms with E-state index in [-0.39, 0.29) is 23.4 Å². The lowest BCUT2D eigenvalue weighted by atomic mass is 10.2. The molecule has 0 spiro atoms. The Morgan fingerprint density at radius 2 is 1.78 bits per heavy atom. The second-order valence-corrected chi connectivity index (χ2v) is 8.81. The number of anilines is 1. The predicted octanol–water partition coefficient (Wildman–Crippen LogP) is 4.15. The number of hydrogen-bond acceptors (Lipinski definition) is 3. The van der Waals surface area contributed by atoms with Crippen LogP contribution in [0.25, 0.3) is 0 Å². The van der Waals surface area contributed by atoms with Crippen molar-refractivity contribution in [1.82, 2.24) is 5.32 Å². The quantitative estimate of drug-likeness (QED) is 0.713. The fourth-order valence-corrected chi connectivity index (χ4v) is 4.44. The number of halogens is 1. The van der Waals surface area contributed by atoms with E-state index < -0.39 is 10.0 Å². The third-order valence-electron chi connectivity index (χ3n) is 4.20. The van der Waals surface area contributed by atoms with Gasteiger partial charge < -0.3 is 5.32 Å². The Morgan fingerprint density at radius 3 is 2.37 bits per heavy atom. The lowest BCUT2D eigenvalue weighted by molar-refractivity contribution is -0.120. The summed E-state index contributed by atoms with van der Waals surface area (Å²) in [6, 6.07) is 13.0. The van der Waals surface area contributed by atoms with Crippen molar-refractivity contribution < 1.29 is 13.2 Å². The first kappa shape index (κ1) is 21.3. The molecule has 0 aliphatic heterocycles. The minimum Gasteiger partial charge on any atom is -0.352 e. The Kier molecular flexibility index (Phi) is 7.27. The molecule has 2 rings (SSSR count). The van der Waals surface area contributed by atoms with Crippen LogP contribution >= 0.6 is 11.6 Å². The van der Waals surface area contributed by atoms with E-state index in [9.17, 15) is 13.2 Å². The van der Waals surface area contributed by atoms with Crippen LogP contribution in [0.5, 0.6) is 0 Å². The van der Waals surface area contributed by atoms with Gasteiger partial charge in [-0.05, 0) is 56.2 Å². The Balaban J connectivity index is 2.40. The maximum absolute atomic E-state index is 13.2. The summed E-state index contributed by atoms with van der Waals surface area (Å²) in [4.78, 5) is 12.6. The van der Waals surface area contributed by atoms with Gasteiger partial charge in [-0.1, -0.05) is 43.1 Å². The van der Waals surface area contributed by atoms with Crippen molar-refractivity contribution in [2.75, 3.05) is 10.8 Å². The van der Waals surface area contributed by atoms with Crippen LogP contribution in [0, 0.1) is 6.92 Å². The molecule has 0 bridgehead atoms. The van der Waals surface area contributed by atoms with Crippen molar-refractivity contribution in [3.05, 3.63) is 59.1 Å². The van der Waals surface area contributed by atoms with Gasteiger partial charge in [0.05, 0.1) is 10.6 Å². The molecule has 0 heterocycles. The fourth-order valence-electron chi connectivity index (χ4n) is 2.83. The monoisotopic (exact) mass is 408 g/mol. The van der Waals surface area contributed by atoms with Gasteiger partial charge in [-0.2, -0.15) is 0 Å². The van der Waals surface area contributed by atoms with Crippen molar-refractivity contribution in [2.24, 2.45) is 0 Å². The van der Waals surface area contributed by atoms with Gasteiger partial charge in [0.2, 0.25) is 5.91 Å². The fraction of sp³-hybridized carbons (Fsp3) is 0.350. The summed E-state index contributed by atoms with van der Waals surface area (Å²) >= 11 is 5.88. The molecule has 0 aliphatic rings. The normalized spacial score (nSPS) is 12.4. The summed E-state index contributed by atoms with van der Waals surface area (Å²) in [6.45, 7) is 5.47. The zero-order valence-corrected chi connectivity index (χ0v) is 17.3. The first-order chi connectivity index (χ1) is 12.8. The zero-order valence-electron chi connectivity index (χ0n) is 15.8. The highest BCUT2D eigenvalue weighted by Gasteiger charge is 2.28. The highest BCUT2D eigenvalue weighted by atomic mass is 35.5. The first-order valence-electron chi connectivity index (χ1n) is 8.89. The standard InChI is InChI=1S/C20H25ClN2O3S/c1-4-7-16(3)22-20(24)14-23(19-9-6-5-8-15(19)2)27(25,26)18-12-10-17(21)11-13-18/h5-6,8-13,16H,4,7,14H2,1-3H3,(H,22,24)/t16-/m0/s1. The van der Waals surface area contributed by atoms with E-state index in [1.165, 1.54) is 24.3 Å². The number of benzene rings is 2. The van der Waals surface area contributed by atoms with Crippen LogP contribution in [0.3, 0.4) is 0 Å². The number of aryl methyl sites for hydroxylation is 1. The van der Waals surface area contributed by atoms with E-state index in [1.54, 1.807) is 12.1 Å². The minimum atomic E-state index is -3.92. The number of sulfonamides is 1. The molecule has 0 aliphatic carbocycles. The van der Waals surface area contributed by atoms with E-state index in [2.05, 4.69) is 5.32 Å². The van der Waals surface area contributed by atoms with Gasteiger partial charge in [0.1, 0.15) is 6.54 Å². The van der Waals surface area contributed by atoms with Crippen LogP contribution in [-0.2, 0) is 14.8 Å². The lowest BCUT2D eigenvalue weighted by Gasteiger charge is -2.26. The third-order valence-corrected chi connectivity index (χ3v) is 6.23. The van der Waals surface area contributed by atoms with E-state index in [4.69, 9.17) is 11.6 Å². The van der Waals surface area contributed by atoms with E-state index in [0.29, 0.717) is 10.7 Å². The highest BCUT2D eigenvalue weighted by Crippen LogP contribution is 2.27. The first-order valence-corrected chi connectivity index (χ1v) is 10.7. The van der Waals surface area contributed by atoms with Crippen LogP contribution in [0.15, 0.2) is 53.4 Å². The molecule has 0 unspecified atom stereocenters. The second-order valence-electron chi connectivity index (χ2n) is 6.51. The minimum absolute atomic E-state index is 0.0144. The number of nitrogens with one attached hydrogen (secondary N) is 1. The molecule has 27 heavy (non-hydrogen) atoms. The van der Waals surface area contributed by atoms with Crippen molar-refractivity contribution >= 4 is 33.2 Å². The number of para-hydroxylation sites is 1. The Labute approximate surface area is 166 Å². The van der Waals surface area contributed by atoms with Crippen molar-refractivity contribution in [2.45, 2.75) is 44.6 Å². The molecule has 7 heteroatoms. The van der Waals surface area contributed by atoms with Crippen LogP contribution in [0.1, 0.15) is 32.3 Å². The average molecular weight is 409 g/mol. The molecule has 0 radical (unpaired) electrons. The molecule has 0 fully saturated rings. The van der Waals surface area contributed by atoms with Crippen LogP contribution in [-0.4, -0.2) is 26.9 Å². The van der Waals surface area contributed by atoms with Gasteiger partial charge in [-0.3, -0.25) is 9.10 Å². The summed E-state index contributed by atoms with van der Waals surface area (Å²) in [7, 11) is -3.92. The van der Waals surface area contributed by atoms with E-state index >= 15 is 0 Å². The van der Waals surface area contributed by atoms with Crippen molar-refractivity contribution in [3.63, 3.8) is 0 Å². The topological polar surface area (TPSA) is 66.5 Å². The van der Waals surface area contributed by atoms with Gasteiger partial charge in [0, 0.05) is 11.1 Å². The predicted molar refractivity (Wildman–Crippen MR) is 110 cm³/mol. The summed E-state index contributed by atoms with van der Waals surface area (Å²) in [5.41, 5.74) is 1.25. The summed E-state index contributed by atoms with van der Waals surface area (Å²) in [5, 5.41) is 3.31. The smallest absolute Gasteiger partial charge is 0.264 e. The highest BCUT2D eigenvalue weighted by molar-refractivity contribution is 7.92. The SMILES string of the molecule is CCC[C@H](C)NC(=O)CN(c1ccccc1C)S(=O)(=O)c1ccc(Cl)cc1. The van der Waals surface area contributed by atoms with Crippen LogP contribution in [0.2, 0.25) is 5.02 Å². The molecule has 146 valence electrons. The molecule has 2 aromatic carbocycles. The van der Waals surface area contributed by atoms with Crippen molar-refractivity contribution in [3.8, 4) is 0 Å². The van der Waals surface area contributed by atoms with Crippen molar-refractivity contribution in [1.29, 1.82) is 0 Å². The van der Waals surface area contributed by atoms with Gasteiger partial charge in [-0.25, -0.2) is 8.42 Å². The van der Waals surface area contributed by atoms with E-state index in [1.807, 2.05) is 32.9 Å². The molecular weight excluding hydrogens is 384 g/mol. The second kappa shape index (κ2) is 9.24. The number of rotatable bonds is 8. The number of carbonyl (C=O) groups excluding carboxylic acids is 1. The molecule has 5 nitrogen and oxygen atoms in total. The number of amides is 1. The van der Waals surface area contributed by atoms with E-state index in [0.717, 1.165) is 22.7 Å². The summed E-state index contributed by atoms with van der Waals surface area (Å²) < 4.78 is 27.6. The molecule has 0 saturated carbocycles. The van der Waals surface area contributed by atoms with Gasteiger partial charge in [-0.15, -0.1) is 0 Å². The van der Waals surface area contributed by atoms with Gasteiger partial charge in [0.15, 0.2) is 0 Å². The molecule has 1 amide bonds. The number of carbonyl (C=O) groups is 1. The molecular formula is C20H25ClN2O3S. The summed E-state index contributed by atoms with van der Waals surface area (Å²) in [6.07, 6.45) is 1.77. The Bertz CT molecular complexity index is 882.